The van der Waals surface area contributed by atoms with Crippen molar-refractivity contribution in [1.82, 2.24) is 15.5 Å². The van der Waals surface area contributed by atoms with Gasteiger partial charge in [0.15, 0.2) is 0 Å². The minimum Gasteiger partial charge on any atom is -0.337 e. The zero-order valence-electron chi connectivity index (χ0n) is 12.3. The van der Waals surface area contributed by atoms with E-state index in [0.29, 0.717) is 17.1 Å². The highest BCUT2D eigenvalue weighted by atomic mass is 16.5. The van der Waals surface area contributed by atoms with Gasteiger partial charge in [-0.15, -0.1) is 0 Å². The van der Waals surface area contributed by atoms with Gasteiger partial charge in [-0.2, -0.15) is 4.98 Å². The Hall–Kier alpha value is -1.43. The second-order valence-corrected chi connectivity index (χ2v) is 6.84. The number of nitrogens with zero attached hydrogens (tertiary/aromatic N) is 3. The monoisotopic (exact) mass is 290 g/mol. The van der Waals surface area contributed by atoms with Gasteiger partial charge in [0.1, 0.15) is 5.78 Å². The van der Waals surface area contributed by atoms with E-state index in [-0.39, 0.29) is 0 Å². The van der Waals surface area contributed by atoms with Crippen molar-refractivity contribution >= 4 is 11.7 Å². The Balaban J connectivity index is 1.39. The van der Waals surface area contributed by atoms with E-state index in [1.165, 1.54) is 0 Å². The number of ketones is 1. The minimum atomic E-state index is 0.328. The number of hydrogen-bond acceptors (Lipinski definition) is 6. The van der Waals surface area contributed by atoms with Gasteiger partial charge in [-0.3, -0.25) is 4.79 Å². The Labute approximate surface area is 124 Å². The summed E-state index contributed by atoms with van der Waals surface area (Å²) in [5.74, 6) is 2.36. The van der Waals surface area contributed by atoms with Crippen LogP contribution in [0.25, 0.3) is 0 Å². The number of rotatable bonds is 2. The molecular formula is C15H22N4O2. The Morgan fingerprint density at radius 1 is 1.19 bits per heavy atom. The third-order valence-electron chi connectivity index (χ3n) is 5.37. The molecule has 0 amide bonds. The highest BCUT2D eigenvalue weighted by Gasteiger charge is 2.46. The second-order valence-electron chi connectivity index (χ2n) is 6.84. The molecule has 21 heavy (non-hydrogen) atoms. The van der Waals surface area contributed by atoms with Gasteiger partial charge in [0, 0.05) is 44.9 Å². The van der Waals surface area contributed by atoms with Crippen LogP contribution in [0.2, 0.25) is 0 Å². The molecule has 6 nitrogen and oxygen atoms in total. The highest BCUT2D eigenvalue weighted by Crippen LogP contribution is 2.52. The summed E-state index contributed by atoms with van der Waals surface area (Å²) in [7, 11) is 0. The molecule has 0 aromatic carbocycles. The molecule has 2 heterocycles. The van der Waals surface area contributed by atoms with E-state index in [9.17, 15) is 4.79 Å². The molecule has 3 fully saturated rings. The van der Waals surface area contributed by atoms with Crippen LogP contribution < -0.4 is 10.2 Å². The fraction of sp³-hybridized carbons (Fsp3) is 0.800. The first kappa shape index (κ1) is 13.2. The maximum Gasteiger partial charge on any atom is 0.266 e. The SMILES string of the molecule is O=C1CC2(CCC(c3nc(N4CCNCC4)no3)CC2)C1. The predicted molar refractivity (Wildman–Crippen MR) is 77.3 cm³/mol. The van der Waals surface area contributed by atoms with Crippen LogP contribution in [0, 0.1) is 5.41 Å². The van der Waals surface area contributed by atoms with Crippen molar-refractivity contribution in [3.8, 4) is 0 Å². The summed E-state index contributed by atoms with van der Waals surface area (Å²) < 4.78 is 5.51. The Morgan fingerprint density at radius 3 is 2.57 bits per heavy atom. The average Bonchev–Trinajstić information content (AvgIpc) is 2.97. The molecule has 1 spiro atoms. The van der Waals surface area contributed by atoms with E-state index < -0.39 is 0 Å². The van der Waals surface area contributed by atoms with Gasteiger partial charge in [-0.1, -0.05) is 0 Å². The summed E-state index contributed by atoms with van der Waals surface area (Å²) in [6.45, 7) is 3.83. The van der Waals surface area contributed by atoms with Gasteiger partial charge in [0.05, 0.1) is 0 Å². The summed E-state index contributed by atoms with van der Waals surface area (Å²) in [4.78, 5) is 18.0. The standard InChI is InChI=1S/C15H22N4O2/c20-12-9-15(10-12)3-1-11(2-4-15)13-17-14(18-21-13)19-7-5-16-6-8-19/h11,16H,1-10H2. The zero-order valence-corrected chi connectivity index (χ0v) is 12.3. The molecule has 1 saturated heterocycles. The molecule has 1 aromatic heterocycles. The van der Waals surface area contributed by atoms with Crippen LogP contribution >= 0.6 is 0 Å². The van der Waals surface area contributed by atoms with Gasteiger partial charge in [0.2, 0.25) is 5.89 Å². The normalized spacial score (nSPS) is 26.1. The lowest BCUT2D eigenvalue weighted by Gasteiger charge is -2.45. The first-order valence-corrected chi connectivity index (χ1v) is 8.05. The molecule has 4 rings (SSSR count). The number of carbonyl (C=O) groups is 1. The van der Waals surface area contributed by atoms with Gasteiger partial charge in [-0.05, 0) is 36.3 Å². The van der Waals surface area contributed by atoms with Crippen LogP contribution in [0.5, 0.6) is 0 Å². The number of hydrogen-bond donors (Lipinski definition) is 1. The van der Waals surface area contributed by atoms with Crippen LogP contribution in [-0.4, -0.2) is 42.1 Å². The largest absolute Gasteiger partial charge is 0.337 e. The maximum absolute atomic E-state index is 11.3. The molecule has 2 aliphatic carbocycles. The molecule has 2 saturated carbocycles. The third kappa shape index (κ3) is 2.46. The first-order valence-electron chi connectivity index (χ1n) is 8.05. The second kappa shape index (κ2) is 5.09. The molecule has 3 aliphatic rings. The number of Topliss-reactive ketones (excluding diaryl/α,β-unsaturated/α-hetero) is 1. The lowest BCUT2D eigenvalue weighted by molar-refractivity contribution is -0.134. The molecular weight excluding hydrogens is 268 g/mol. The van der Waals surface area contributed by atoms with Gasteiger partial charge >= 0.3 is 0 Å². The van der Waals surface area contributed by atoms with Crippen molar-refractivity contribution < 1.29 is 9.32 Å². The summed E-state index contributed by atoms with van der Waals surface area (Å²) in [5.41, 5.74) is 0.328. The molecule has 0 unspecified atom stereocenters. The third-order valence-corrected chi connectivity index (χ3v) is 5.37. The zero-order chi connectivity index (χ0) is 14.3. The summed E-state index contributed by atoms with van der Waals surface area (Å²) in [6.07, 6.45) is 6.03. The van der Waals surface area contributed by atoms with Crippen molar-refractivity contribution in [3.63, 3.8) is 0 Å². The van der Waals surface area contributed by atoms with E-state index >= 15 is 0 Å². The number of anilines is 1. The average molecular weight is 290 g/mol. The van der Waals surface area contributed by atoms with E-state index in [0.717, 1.165) is 76.5 Å². The van der Waals surface area contributed by atoms with Gasteiger partial charge in [-0.25, -0.2) is 0 Å². The van der Waals surface area contributed by atoms with Gasteiger partial charge in [0.25, 0.3) is 5.95 Å². The van der Waals surface area contributed by atoms with E-state index in [4.69, 9.17) is 4.52 Å². The lowest BCUT2D eigenvalue weighted by atomic mass is 9.58. The molecule has 0 bridgehead atoms. The number of aromatic nitrogens is 2. The number of nitrogens with one attached hydrogen (secondary N) is 1. The van der Waals surface area contributed by atoms with Crippen LogP contribution in [0.4, 0.5) is 5.95 Å². The number of piperazine rings is 1. The molecule has 114 valence electrons. The van der Waals surface area contributed by atoms with Crippen molar-refractivity contribution in [3.05, 3.63) is 5.89 Å². The first-order chi connectivity index (χ1) is 10.2. The molecule has 1 aromatic rings. The summed E-state index contributed by atoms with van der Waals surface area (Å²) >= 11 is 0. The highest BCUT2D eigenvalue weighted by molar-refractivity contribution is 5.86. The molecule has 1 N–H and O–H groups in total. The van der Waals surface area contributed by atoms with Gasteiger partial charge < -0.3 is 14.7 Å². The van der Waals surface area contributed by atoms with E-state index in [1.54, 1.807) is 0 Å². The molecule has 0 atom stereocenters. The quantitative estimate of drug-likeness (QED) is 0.889. The fourth-order valence-corrected chi connectivity index (χ4v) is 4.00. The van der Waals surface area contributed by atoms with E-state index in [2.05, 4.69) is 20.4 Å². The lowest BCUT2D eigenvalue weighted by Crippen LogP contribution is -2.44. The summed E-state index contributed by atoms with van der Waals surface area (Å²) in [6, 6.07) is 0. The fourth-order valence-electron chi connectivity index (χ4n) is 4.00. The molecule has 0 radical (unpaired) electrons. The summed E-state index contributed by atoms with van der Waals surface area (Å²) in [5, 5.41) is 7.48. The minimum absolute atomic E-state index is 0.328. The Kier molecular flexibility index (Phi) is 3.21. The molecule has 1 aliphatic heterocycles. The Morgan fingerprint density at radius 2 is 1.90 bits per heavy atom. The van der Waals surface area contributed by atoms with Crippen molar-refractivity contribution in [2.24, 2.45) is 5.41 Å². The maximum atomic E-state index is 11.3. The smallest absolute Gasteiger partial charge is 0.266 e. The van der Waals surface area contributed by atoms with Crippen LogP contribution in [-0.2, 0) is 4.79 Å². The van der Waals surface area contributed by atoms with Crippen molar-refractivity contribution in [2.75, 3.05) is 31.1 Å². The van der Waals surface area contributed by atoms with Crippen molar-refractivity contribution in [2.45, 2.75) is 44.4 Å². The Bertz CT molecular complexity index is 518. The van der Waals surface area contributed by atoms with Crippen LogP contribution in [0.3, 0.4) is 0 Å². The number of carbonyl (C=O) groups excluding carboxylic acids is 1. The van der Waals surface area contributed by atoms with Crippen molar-refractivity contribution in [1.29, 1.82) is 0 Å². The van der Waals surface area contributed by atoms with Crippen LogP contribution in [0.1, 0.15) is 50.3 Å². The van der Waals surface area contributed by atoms with E-state index in [1.807, 2.05) is 0 Å². The predicted octanol–water partition coefficient (Wildman–Crippen LogP) is 1.49. The topological polar surface area (TPSA) is 71.3 Å². The molecule has 6 heteroatoms. The van der Waals surface area contributed by atoms with Crippen LogP contribution in [0.15, 0.2) is 4.52 Å².